The first-order valence-electron chi connectivity index (χ1n) is 9.40. The number of guanidine groups is 1. The molecule has 0 spiro atoms. The van der Waals surface area contributed by atoms with Crippen LogP contribution in [0.3, 0.4) is 0 Å². The Morgan fingerprint density at radius 3 is 2.68 bits per heavy atom. The minimum atomic E-state index is 0.796. The van der Waals surface area contributed by atoms with Crippen LogP contribution in [-0.2, 0) is 0 Å². The summed E-state index contributed by atoms with van der Waals surface area (Å²) >= 11 is 0. The Hall–Kier alpha value is -0.770. The fraction of sp³-hybridized carbons (Fsp3) is 0.944. The topological polar surface area (TPSA) is 30.9 Å². The van der Waals surface area contributed by atoms with Crippen molar-refractivity contribution in [3.63, 3.8) is 0 Å². The van der Waals surface area contributed by atoms with Crippen LogP contribution in [0.1, 0.15) is 58.8 Å². The second-order valence-corrected chi connectivity index (χ2v) is 7.26. The van der Waals surface area contributed by atoms with Crippen LogP contribution in [-0.4, -0.2) is 61.6 Å². The van der Waals surface area contributed by atoms with Crippen molar-refractivity contribution in [3.05, 3.63) is 0 Å². The zero-order valence-corrected chi connectivity index (χ0v) is 15.0. The van der Waals surface area contributed by atoms with Gasteiger partial charge in [-0.3, -0.25) is 4.99 Å². The van der Waals surface area contributed by atoms with Crippen LogP contribution in [0.15, 0.2) is 4.99 Å². The van der Waals surface area contributed by atoms with E-state index in [1.54, 1.807) is 0 Å². The summed E-state index contributed by atoms with van der Waals surface area (Å²) in [6.07, 6.45) is 9.40. The first kappa shape index (κ1) is 17.6. The van der Waals surface area contributed by atoms with E-state index in [9.17, 15) is 0 Å². The van der Waals surface area contributed by atoms with Crippen molar-refractivity contribution in [2.45, 2.75) is 64.8 Å². The van der Waals surface area contributed by atoms with E-state index >= 15 is 0 Å². The summed E-state index contributed by atoms with van der Waals surface area (Å²) in [6, 6.07) is 0.796. The molecule has 2 rings (SSSR count). The highest BCUT2D eigenvalue weighted by Gasteiger charge is 2.19. The van der Waals surface area contributed by atoms with Crippen molar-refractivity contribution < 1.29 is 0 Å². The van der Waals surface area contributed by atoms with E-state index in [4.69, 9.17) is 0 Å². The Bertz CT molecular complexity index is 342. The van der Waals surface area contributed by atoms with Crippen LogP contribution in [0.5, 0.6) is 0 Å². The van der Waals surface area contributed by atoms with Gasteiger partial charge in [-0.2, -0.15) is 0 Å². The predicted octanol–water partition coefficient (Wildman–Crippen LogP) is 2.95. The molecule has 0 amide bonds. The number of nitrogens with one attached hydrogen (secondary N) is 1. The van der Waals surface area contributed by atoms with Gasteiger partial charge in [0.15, 0.2) is 5.96 Å². The van der Waals surface area contributed by atoms with Crippen molar-refractivity contribution in [1.82, 2.24) is 15.1 Å². The summed E-state index contributed by atoms with van der Waals surface area (Å²) in [5.41, 5.74) is 0. The molecule has 0 saturated carbocycles. The first-order valence-corrected chi connectivity index (χ1v) is 9.40. The molecule has 22 heavy (non-hydrogen) atoms. The van der Waals surface area contributed by atoms with Crippen LogP contribution >= 0.6 is 0 Å². The summed E-state index contributed by atoms with van der Waals surface area (Å²) in [7, 11) is 1.91. The van der Waals surface area contributed by atoms with Gasteiger partial charge in [0.1, 0.15) is 0 Å². The minimum Gasteiger partial charge on any atom is -0.356 e. The molecule has 0 aromatic heterocycles. The average Bonchev–Trinajstić information content (AvgIpc) is 2.52. The lowest BCUT2D eigenvalue weighted by molar-refractivity contribution is 0.158. The Kier molecular flexibility index (Phi) is 7.50. The number of hydrogen-bond acceptors (Lipinski definition) is 2. The Morgan fingerprint density at radius 2 is 1.95 bits per heavy atom. The van der Waals surface area contributed by atoms with Gasteiger partial charge in [0.25, 0.3) is 0 Å². The molecule has 2 saturated heterocycles. The number of rotatable bonds is 5. The van der Waals surface area contributed by atoms with Crippen molar-refractivity contribution in [2.24, 2.45) is 10.9 Å². The van der Waals surface area contributed by atoms with Gasteiger partial charge in [0.05, 0.1) is 0 Å². The molecule has 0 radical (unpaired) electrons. The number of hydrogen-bond donors (Lipinski definition) is 1. The van der Waals surface area contributed by atoms with Crippen LogP contribution in [0, 0.1) is 5.92 Å². The van der Waals surface area contributed by atoms with E-state index < -0.39 is 0 Å². The molecule has 0 aliphatic carbocycles. The monoisotopic (exact) mass is 308 g/mol. The molecule has 0 aromatic carbocycles. The summed E-state index contributed by atoms with van der Waals surface area (Å²) in [5, 5.41) is 3.57. The second-order valence-electron chi connectivity index (χ2n) is 7.26. The van der Waals surface area contributed by atoms with Crippen molar-refractivity contribution >= 4 is 5.96 Å². The largest absolute Gasteiger partial charge is 0.356 e. The zero-order chi connectivity index (χ0) is 15.8. The molecule has 2 aliphatic heterocycles. The Morgan fingerprint density at radius 1 is 1.09 bits per heavy atom. The maximum atomic E-state index is 4.47. The molecule has 2 unspecified atom stereocenters. The molecule has 2 aliphatic rings. The normalized spacial score (nSPS) is 28.0. The number of likely N-dealkylation sites (tertiary alicyclic amines) is 2. The zero-order valence-electron chi connectivity index (χ0n) is 15.0. The Balaban J connectivity index is 1.60. The SMILES string of the molecule is CN=C(NCCCCN1CCCCC1C)N1CCCC(C)C1. The van der Waals surface area contributed by atoms with Crippen LogP contribution in [0.25, 0.3) is 0 Å². The highest BCUT2D eigenvalue weighted by Crippen LogP contribution is 2.17. The molecular weight excluding hydrogens is 272 g/mol. The van der Waals surface area contributed by atoms with Gasteiger partial charge in [-0.1, -0.05) is 13.3 Å². The number of piperidine rings is 2. The van der Waals surface area contributed by atoms with Gasteiger partial charge in [0, 0.05) is 32.7 Å². The number of nitrogens with zero attached hydrogens (tertiary/aromatic N) is 3. The molecule has 0 aromatic rings. The van der Waals surface area contributed by atoms with Gasteiger partial charge in [-0.25, -0.2) is 0 Å². The van der Waals surface area contributed by atoms with Crippen LogP contribution in [0.4, 0.5) is 0 Å². The van der Waals surface area contributed by atoms with Crippen LogP contribution < -0.4 is 5.32 Å². The van der Waals surface area contributed by atoms with Gasteiger partial charge >= 0.3 is 0 Å². The van der Waals surface area contributed by atoms with E-state index in [1.807, 2.05) is 7.05 Å². The summed E-state index contributed by atoms with van der Waals surface area (Å²) in [5.74, 6) is 1.91. The lowest BCUT2D eigenvalue weighted by atomic mass is 10.0. The molecule has 2 heterocycles. The van der Waals surface area contributed by atoms with E-state index in [0.29, 0.717) is 0 Å². The van der Waals surface area contributed by atoms with E-state index in [1.165, 1.54) is 58.0 Å². The fourth-order valence-electron chi connectivity index (χ4n) is 3.84. The van der Waals surface area contributed by atoms with Gasteiger partial charge < -0.3 is 15.1 Å². The molecule has 0 bridgehead atoms. The van der Waals surface area contributed by atoms with Crippen molar-refractivity contribution in [2.75, 3.05) is 39.8 Å². The lowest BCUT2D eigenvalue weighted by Gasteiger charge is -2.34. The van der Waals surface area contributed by atoms with Crippen LogP contribution in [0.2, 0.25) is 0 Å². The maximum Gasteiger partial charge on any atom is 0.193 e. The minimum absolute atomic E-state index is 0.796. The highest BCUT2D eigenvalue weighted by atomic mass is 15.3. The van der Waals surface area contributed by atoms with Gasteiger partial charge in [-0.15, -0.1) is 0 Å². The molecule has 4 heteroatoms. The van der Waals surface area contributed by atoms with Gasteiger partial charge in [0.2, 0.25) is 0 Å². The lowest BCUT2D eigenvalue weighted by Crippen LogP contribution is -2.46. The third kappa shape index (κ3) is 5.45. The summed E-state index contributed by atoms with van der Waals surface area (Å²) < 4.78 is 0. The second kappa shape index (κ2) is 9.39. The molecule has 2 atom stereocenters. The van der Waals surface area contributed by atoms with E-state index in [0.717, 1.165) is 37.6 Å². The average molecular weight is 309 g/mol. The fourth-order valence-corrected chi connectivity index (χ4v) is 3.84. The molecule has 4 nitrogen and oxygen atoms in total. The highest BCUT2D eigenvalue weighted by molar-refractivity contribution is 5.79. The standard InChI is InChI=1S/C18H36N4/c1-16-9-8-14-22(15-16)18(19-3)20-11-5-7-13-21-12-6-4-10-17(21)2/h16-17H,4-15H2,1-3H3,(H,19,20). The van der Waals surface area contributed by atoms with E-state index in [-0.39, 0.29) is 0 Å². The maximum absolute atomic E-state index is 4.47. The third-order valence-corrected chi connectivity index (χ3v) is 5.26. The first-order chi connectivity index (χ1) is 10.7. The molecule has 1 N–H and O–H groups in total. The smallest absolute Gasteiger partial charge is 0.193 e. The number of unbranched alkanes of at least 4 members (excludes halogenated alkanes) is 1. The van der Waals surface area contributed by atoms with Crippen molar-refractivity contribution in [3.8, 4) is 0 Å². The summed E-state index contributed by atoms with van der Waals surface area (Å²) in [6.45, 7) is 10.7. The van der Waals surface area contributed by atoms with Crippen molar-refractivity contribution in [1.29, 1.82) is 0 Å². The number of aliphatic imine (C=N–C) groups is 1. The molecule has 2 fully saturated rings. The van der Waals surface area contributed by atoms with Gasteiger partial charge in [-0.05, 0) is 64.5 Å². The Labute approximate surface area is 137 Å². The summed E-state index contributed by atoms with van der Waals surface area (Å²) in [4.78, 5) is 9.57. The predicted molar refractivity (Wildman–Crippen MR) is 95.5 cm³/mol. The molecule has 128 valence electrons. The molecular formula is C18H36N4. The quantitative estimate of drug-likeness (QED) is 0.481. The third-order valence-electron chi connectivity index (χ3n) is 5.26. The van der Waals surface area contributed by atoms with E-state index in [2.05, 4.69) is 34.0 Å².